The Labute approximate surface area is 259 Å². The number of rotatable bonds is 13. The zero-order valence-corrected chi connectivity index (χ0v) is 25.9. The van der Waals surface area contributed by atoms with Gasteiger partial charge in [-0.1, -0.05) is 19.0 Å². The quantitative estimate of drug-likeness (QED) is 0.0523. The number of nitro benzene ring substituents is 1. The average Bonchev–Trinajstić information content (AvgIpc) is 3.39. The number of esters is 1. The van der Waals surface area contributed by atoms with Gasteiger partial charge in [-0.3, -0.25) is 29.1 Å². The number of carbonyl (C=O) groups excluding carboxylic acids is 4. The fraction of sp³-hybridized carbons (Fsp3) is 0.417. The molecule has 0 aliphatic carbocycles. The number of nitrogens with zero attached hydrogens (tertiary/aromatic N) is 4. The topological polar surface area (TPSA) is 237 Å². The van der Waals surface area contributed by atoms with Crippen LogP contribution in [0.1, 0.15) is 39.0 Å². The van der Waals surface area contributed by atoms with Crippen molar-refractivity contribution in [1.82, 2.24) is 14.6 Å². The van der Waals surface area contributed by atoms with Crippen LogP contribution in [0.5, 0.6) is 0 Å². The number of hydrogen-bond acceptors (Lipinski definition) is 13. The summed E-state index contributed by atoms with van der Waals surface area (Å²) < 4.78 is 38.3. The van der Waals surface area contributed by atoms with E-state index < -0.39 is 68.2 Å². The minimum atomic E-state index is -4.90. The summed E-state index contributed by atoms with van der Waals surface area (Å²) in [6.45, 7) is 5.45. The summed E-state index contributed by atoms with van der Waals surface area (Å²) in [6.07, 6.45) is 0. The fourth-order valence-electron chi connectivity index (χ4n) is 3.79. The van der Waals surface area contributed by atoms with E-state index in [9.17, 15) is 42.3 Å². The number of nitrogens with one attached hydrogen (secondary N) is 2. The molecule has 17 nitrogen and oxygen atoms in total. The summed E-state index contributed by atoms with van der Waals surface area (Å²) in [5, 5.41) is 20.7. The van der Waals surface area contributed by atoms with E-state index in [-0.39, 0.29) is 33.3 Å². The molecular formula is C24H27ClN6O11S2. The van der Waals surface area contributed by atoms with Gasteiger partial charge >= 0.3 is 16.3 Å². The third-order valence-corrected chi connectivity index (χ3v) is 7.94. The van der Waals surface area contributed by atoms with Crippen molar-refractivity contribution in [3.63, 3.8) is 0 Å². The van der Waals surface area contributed by atoms with Gasteiger partial charge in [0.15, 0.2) is 10.8 Å². The number of thiazole rings is 1. The lowest BCUT2D eigenvalue weighted by Crippen LogP contribution is -2.73. The smallest absolute Gasteiger partial charge is 0.362 e. The number of aromatic nitrogens is 1. The molecule has 3 rings (SSSR count). The van der Waals surface area contributed by atoms with Crippen LogP contribution in [0, 0.1) is 16.0 Å². The Hall–Kier alpha value is -4.20. The Balaban J connectivity index is 1.83. The molecule has 2 heterocycles. The molecule has 238 valence electrons. The summed E-state index contributed by atoms with van der Waals surface area (Å²) in [4.78, 5) is 70.1. The number of amides is 3. The second-order valence-corrected chi connectivity index (χ2v) is 12.5. The van der Waals surface area contributed by atoms with Gasteiger partial charge in [-0.2, -0.15) is 8.42 Å². The van der Waals surface area contributed by atoms with Crippen LogP contribution in [0.2, 0.25) is 0 Å². The molecule has 44 heavy (non-hydrogen) atoms. The van der Waals surface area contributed by atoms with Gasteiger partial charge in [-0.25, -0.2) is 14.1 Å². The van der Waals surface area contributed by atoms with Crippen molar-refractivity contribution in [3.8, 4) is 0 Å². The molecule has 2 atom stereocenters. The van der Waals surface area contributed by atoms with E-state index in [4.69, 9.17) is 21.2 Å². The van der Waals surface area contributed by atoms with Crippen molar-refractivity contribution < 1.29 is 46.6 Å². The second-order valence-electron chi connectivity index (χ2n) is 10.1. The highest BCUT2D eigenvalue weighted by Gasteiger charge is 2.55. The molecule has 20 heteroatoms. The van der Waals surface area contributed by atoms with Crippen LogP contribution in [0.3, 0.4) is 0 Å². The van der Waals surface area contributed by atoms with Crippen LogP contribution in [-0.2, 0) is 45.7 Å². The maximum Gasteiger partial charge on any atom is 0.362 e. The summed E-state index contributed by atoms with van der Waals surface area (Å²) in [5.41, 5.74) is -2.20. The normalized spacial score (nSPS) is 17.1. The predicted molar refractivity (Wildman–Crippen MR) is 155 cm³/mol. The third kappa shape index (κ3) is 8.04. The number of halogens is 1. The lowest BCUT2D eigenvalue weighted by Gasteiger charge is -2.46. The van der Waals surface area contributed by atoms with Crippen LogP contribution in [0.4, 0.5) is 10.8 Å². The molecule has 0 unspecified atom stereocenters. The summed E-state index contributed by atoms with van der Waals surface area (Å²) >= 11 is 6.40. The number of carbonyl (C=O) groups is 4. The molecule has 1 fully saturated rings. The van der Waals surface area contributed by atoms with Crippen molar-refractivity contribution in [2.45, 2.75) is 52.0 Å². The largest absolute Gasteiger partial charge is 0.458 e. The number of oxime groups is 1. The molecule has 0 radical (unpaired) electrons. The lowest BCUT2D eigenvalue weighted by molar-refractivity contribution is -0.384. The highest BCUT2D eigenvalue weighted by Crippen LogP contribution is 2.29. The first-order chi connectivity index (χ1) is 20.5. The van der Waals surface area contributed by atoms with Gasteiger partial charge in [0.05, 0.1) is 11.0 Å². The zero-order valence-electron chi connectivity index (χ0n) is 23.5. The summed E-state index contributed by atoms with van der Waals surface area (Å²) in [6, 6.07) is 2.79. The van der Waals surface area contributed by atoms with Crippen molar-refractivity contribution in [1.29, 1.82) is 0 Å². The van der Waals surface area contributed by atoms with Gasteiger partial charge in [-0.15, -0.1) is 22.9 Å². The van der Waals surface area contributed by atoms with Gasteiger partial charge in [0, 0.05) is 17.5 Å². The van der Waals surface area contributed by atoms with Gasteiger partial charge in [0.25, 0.3) is 17.5 Å². The number of nitro groups is 1. The molecular weight excluding hydrogens is 648 g/mol. The van der Waals surface area contributed by atoms with Crippen LogP contribution in [0.25, 0.3) is 0 Å². The van der Waals surface area contributed by atoms with E-state index in [1.54, 1.807) is 13.8 Å². The maximum absolute atomic E-state index is 13.4. The third-order valence-electron chi connectivity index (χ3n) is 6.02. The van der Waals surface area contributed by atoms with Gasteiger partial charge < -0.3 is 20.2 Å². The van der Waals surface area contributed by atoms with Crippen molar-refractivity contribution in [2.24, 2.45) is 11.1 Å². The number of alkyl halides is 1. The number of β-lactam (4-membered cyclic amide) rings is 1. The van der Waals surface area contributed by atoms with Crippen molar-refractivity contribution >= 4 is 73.5 Å². The Bertz CT molecular complexity index is 1590. The number of non-ortho nitro benzene ring substituents is 1. The summed E-state index contributed by atoms with van der Waals surface area (Å²) in [5.74, 6) is -4.56. The minimum absolute atomic E-state index is 0.0326. The minimum Gasteiger partial charge on any atom is -0.458 e. The molecule has 1 saturated heterocycles. The molecule has 1 aromatic heterocycles. The molecule has 0 saturated carbocycles. The van der Waals surface area contributed by atoms with E-state index in [2.05, 4.69) is 20.8 Å². The highest BCUT2D eigenvalue weighted by atomic mass is 35.5. The van der Waals surface area contributed by atoms with Crippen LogP contribution in [0.15, 0.2) is 34.8 Å². The Morgan fingerprint density at radius 1 is 1.27 bits per heavy atom. The lowest BCUT2D eigenvalue weighted by atomic mass is 9.88. The standard InChI is InChI=1S/C24H27ClN6O11S2/c1-12(2)19-18(21(34)30(19)44(38,39)40)28-20(33)17(15-11-43-23(26-15)27-16(32)9-25)29-42-24(3,4)22(35)41-10-13-5-7-14(8-6-13)31(36)37/h5-8,11-12,18-19H,9-10H2,1-4H3,(H,28,33)(H,26,27,32)(H,38,39,40)/t18-,19+/m0/s1. The summed E-state index contributed by atoms with van der Waals surface area (Å²) in [7, 11) is -4.90. The monoisotopic (exact) mass is 674 g/mol. The first-order valence-electron chi connectivity index (χ1n) is 12.6. The SMILES string of the molecule is CC(C)[C@@H]1[C@H](NC(=O)C(=NOC(C)(C)C(=O)OCc2ccc([N+](=O)[O-])cc2)c2csc(NC(=O)CCl)n2)C(=O)N1S(=O)(=O)O. The number of benzene rings is 1. The number of ether oxygens (including phenoxy) is 1. The fourth-order valence-corrected chi connectivity index (χ4v) is 5.59. The molecule has 0 bridgehead atoms. The van der Waals surface area contributed by atoms with E-state index in [0.717, 1.165) is 11.3 Å². The molecule has 3 N–H and O–H groups in total. The van der Waals surface area contributed by atoms with Gasteiger partial charge in [0.1, 0.15) is 24.2 Å². The average molecular weight is 675 g/mol. The van der Waals surface area contributed by atoms with E-state index >= 15 is 0 Å². The van der Waals surface area contributed by atoms with Crippen molar-refractivity contribution in [2.75, 3.05) is 11.2 Å². The number of hydrogen-bond donors (Lipinski definition) is 3. The van der Waals surface area contributed by atoms with Gasteiger partial charge in [-0.05, 0) is 37.5 Å². The van der Waals surface area contributed by atoms with Crippen LogP contribution >= 0.6 is 22.9 Å². The first-order valence-corrected chi connectivity index (χ1v) is 15.4. The molecule has 1 aromatic carbocycles. The second kappa shape index (κ2) is 13.6. The molecule has 1 aliphatic rings. The maximum atomic E-state index is 13.4. The van der Waals surface area contributed by atoms with Crippen LogP contribution in [-0.4, -0.2) is 80.2 Å². The Morgan fingerprint density at radius 3 is 2.45 bits per heavy atom. The van der Waals surface area contributed by atoms with Crippen molar-refractivity contribution in [3.05, 3.63) is 51.0 Å². The first kappa shape index (κ1) is 34.3. The molecule has 1 aliphatic heterocycles. The van der Waals surface area contributed by atoms with E-state index in [1.165, 1.54) is 43.5 Å². The van der Waals surface area contributed by atoms with Crippen LogP contribution < -0.4 is 10.6 Å². The Kier molecular flexibility index (Phi) is 10.6. The molecule has 0 spiro atoms. The van der Waals surface area contributed by atoms with E-state index in [0.29, 0.717) is 5.56 Å². The Morgan fingerprint density at radius 2 is 1.91 bits per heavy atom. The number of anilines is 1. The predicted octanol–water partition coefficient (Wildman–Crippen LogP) is 1.63. The molecule has 2 aromatic rings. The molecule has 3 amide bonds. The highest BCUT2D eigenvalue weighted by molar-refractivity contribution is 7.84. The van der Waals surface area contributed by atoms with Gasteiger partial charge in [0.2, 0.25) is 11.5 Å². The zero-order chi connectivity index (χ0) is 33.0. The van der Waals surface area contributed by atoms with E-state index in [1.807, 2.05) is 0 Å².